The van der Waals surface area contributed by atoms with Gasteiger partial charge in [-0.1, -0.05) is 15.9 Å². The average Bonchev–Trinajstić information content (AvgIpc) is 2.74. The van der Waals surface area contributed by atoms with Crippen molar-refractivity contribution < 1.29 is 18.4 Å². The van der Waals surface area contributed by atoms with Crippen molar-refractivity contribution in [1.82, 2.24) is 5.32 Å². The first-order valence-electron chi connectivity index (χ1n) is 6.06. The number of benzene rings is 1. The van der Waals surface area contributed by atoms with Gasteiger partial charge in [0.25, 0.3) is 5.91 Å². The highest BCUT2D eigenvalue weighted by molar-refractivity contribution is 9.10. The number of rotatable bonds is 3. The quantitative estimate of drug-likeness (QED) is 0.912. The molecule has 0 radical (unpaired) electrons. The maximum atomic E-state index is 12.2. The normalized spacial score (nSPS) is 18.8. The summed E-state index contributed by atoms with van der Waals surface area (Å²) < 4.78 is 25.3. The lowest BCUT2D eigenvalue weighted by atomic mass is 10.2. The maximum absolute atomic E-state index is 12.2. The van der Waals surface area contributed by atoms with Crippen molar-refractivity contribution >= 4 is 33.4 Å². The van der Waals surface area contributed by atoms with Crippen molar-refractivity contribution in [2.75, 3.05) is 11.4 Å². The number of hydrogen-bond acceptors (Lipinski definition) is 2. The van der Waals surface area contributed by atoms with Crippen LogP contribution < -0.4 is 10.2 Å². The van der Waals surface area contributed by atoms with Crippen LogP contribution in [0, 0.1) is 6.92 Å². The summed E-state index contributed by atoms with van der Waals surface area (Å²) in [6.07, 6.45) is -2.78. The molecule has 0 aromatic heterocycles. The monoisotopic (exact) mass is 346 g/mol. The first kappa shape index (κ1) is 14.9. The molecule has 1 atom stereocenters. The van der Waals surface area contributed by atoms with Crippen molar-refractivity contribution in [3.8, 4) is 0 Å². The summed E-state index contributed by atoms with van der Waals surface area (Å²) >= 11 is 3.37. The second-order valence-electron chi connectivity index (χ2n) is 4.57. The zero-order valence-corrected chi connectivity index (χ0v) is 12.3. The van der Waals surface area contributed by atoms with Crippen molar-refractivity contribution in [2.24, 2.45) is 0 Å². The van der Waals surface area contributed by atoms with Gasteiger partial charge in [0.05, 0.1) is 0 Å². The van der Waals surface area contributed by atoms with Crippen LogP contribution in [0.3, 0.4) is 0 Å². The van der Waals surface area contributed by atoms with E-state index in [1.807, 2.05) is 19.1 Å². The van der Waals surface area contributed by atoms with Crippen LogP contribution >= 0.6 is 15.9 Å². The molecule has 0 aliphatic carbocycles. The Bertz CT molecular complexity index is 551. The molecule has 4 nitrogen and oxygen atoms in total. The molecule has 2 rings (SSSR count). The Kier molecular flexibility index (Phi) is 4.37. The van der Waals surface area contributed by atoms with Gasteiger partial charge in [-0.3, -0.25) is 9.59 Å². The standard InChI is InChI=1S/C13H13BrF2N2O2/c1-7-6-8(2-3-9(7)14)18-5-4-10(13(18)20)17-12(19)11(15)16/h2-3,6,10-11H,4-5H2,1H3,(H,17,19). The van der Waals surface area contributed by atoms with Crippen LogP contribution in [-0.2, 0) is 9.59 Å². The summed E-state index contributed by atoms with van der Waals surface area (Å²) in [5.74, 6) is -1.77. The summed E-state index contributed by atoms with van der Waals surface area (Å²) in [6.45, 7) is 2.29. The van der Waals surface area contributed by atoms with Crippen LogP contribution in [-0.4, -0.2) is 30.8 Å². The fraction of sp³-hybridized carbons (Fsp3) is 0.385. The van der Waals surface area contributed by atoms with Gasteiger partial charge in [0.1, 0.15) is 6.04 Å². The highest BCUT2D eigenvalue weighted by Gasteiger charge is 2.35. The third-order valence-electron chi connectivity index (χ3n) is 3.17. The van der Waals surface area contributed by atoms with Crippen LogP contribution in [0.5, 0.6) is 0 Å². The van der Waals surface area contributed by atoms with Gasteiger partial charge >= 0.3 is 6.43 Å². The Morgan fingerprint density at radius 3 is 2.80 bits per heavy atom. The lowest BCUT2D eigenvalue weighted by Crippen LogP contribution is -2.43. The van der Waals surface area contributed by atoms with Gasteiger partial charge in [-0.2, -0.15) is 8.78 Å². The zero-order valence-electron chi connectivity index (χ0n) is 10.7. The highest BCUT2D eigenvalue weighted by Crippen LogP contribution is 2.26. The summed E-state index contributed by atoms with van der Waals surface area (Å²) in [4.78, 5) is 24.6. The second kappa shape index (κ2) is 5.87. The minimum Gasteiger partial charge on any atom is -0.339 e. The fourth-order valence-electron chi connectivity index (χ4n) is 2.10. The van der Waals surface area contributed by atoms with Gasteiger partial charge in [-0.15, -0.1) is 0 Å². The molecule has 1 saturated heterocycles. The molecule has 1 aliphatic heterocycles. The summed E-state index contributed by atoms with van der Waals surface area (Å²) in [6, 6.07) is 4.55. The van der Waals surface area contributed by atoms with Gasteiger partial charge in [0.2, 0.25) is 5.91 Å². The van der Waals surface area contributed by atoms with Gasteiger partial charge < -0.3 is 10.2 Å². The van der Waals surface area contributed by atoms with Gasteiger partial charge in [0, 0.05) is 16.7 Å². The minimum atomic E-state index is -3.10. The smallest absolute Gasteiger partial charge is 0.315 e. The Morgan fingerprint density at radius 2 is 2.20 bits per heavy atom. The molecule has 1 heterocycles. The van der Waals surface area contributed by atoms with Crippen molar-refractivity contribution in [3.63, 3.8) is 0 Å². The lowest BCUT2D eigenvalue weighted by Gasteiger charge is -2.18. The first-order chi connectivity index (χ1) is 9.40. The average molecular weight is 347 g/mol. The molecule has 1 aromatic carbocycles. The van der Waals surface area contributed by atoms with Gasteiger partial charge in [-0.25, -0.2) is 0 Å². The number of alkyl halides is 2. The number of carbonyl (C=O) groups is 2. The molecular weight excluding hydrogens is 334 g/mol. The highest BCUT2D eigenvalue weighted by atomic mass is 79.9. The molecule has 108 valence electrons. The van der Waals surface area contributed by atoms with E-state index in [0.29, 0.717) is 18.7 Å². The topological polar surface area (TPSA) is 49.4 Å². The molecule has 0 bridgehead atoms. The van der Waals surface area contributed by atoms with Crippen LogP contribution in [0.2, 0.25) is 0 Å². The molecule has 1 aromatic rings. The van der Waals surface area contributed by atoms with E-state index in [0.717, 1.165) is 10.0 Å². The molecule has 1 unspecified atom stereocenters. The molecule has 7 heteroatoms. The largest absolute Gasteiger partial charge is 0.339 e. The molecule has 1 N–H and O–H groups in total. The molecular formula is C13H13BrF2N2O2. The van der Waals surface area contributed by atoms with Crippen molar-refractivity contribution in [3.05, 3.63) is 28.2 Å². The van der Waals surface area contributed by atoms with Gasteiger partial charge in [0.15, 0.2) is 0 Å². The van der Waals surface area contributed by atoms with E-state index in [1.165, 1.54) is 4.90 Å². The number of nitrogens with zero attached hydrogens (tertiary/aromatic N) is 1. The first-order valence-corrected chi connectivity index (χ1v) is 6.85. The number of hydrogen-bond donors (Lipinski definition) is 1. The van der Waals surface area contributed by atoms with Crippen LogP contribution in [0.1, 0.15) is 12.0 Å². The number of nitrogens with one attached hydrogen (secondary N) is 1. The van der Waals surface area contributed by atoms with Crippen molar-refractivity contribution in [2.45, 2.75) is 25.8 Å². The Morgan fingerprint density at radius 1 is 1.50 bits per heavy atom. The zero-order chi connectivity index (χ0) is 14.9. The third-order valence-corrected chi connectivity index (χ3v) is 4.06. The Balaban J connectivity index is 2.11. The van der Waals surface area contributed by atoms with E-state index in [4.69, 9.17) is 0 Å². The molecule has 0 spiro atoms. The second-order valence-corrected chi connectivity index (χ2v) is 5.43. The van der Waals surface area contributed by atoms with Crippen molar-refractivity contribution in [1.29, 1.82) is 0 Å². The summed E-state index contributed by atoms with van der Waals surface area (Å²) in [5, 5.41) is 2.06. The predicted molar refractivity (Wildman–Crippen MR) is 73.8 cm³/mol. The SMILES string of the molecule is Cc1cc(N2CCC(NC(=O)C(F)F)C2=O)ccc1Br. The Labute approximate surface area is 123 Å². The van der Waals surface area contributed by atoms with Crippen LogP contribution in [0.4, 0.5) is 14.5 Å². The van der Waals surface area contributed by atoms with Crippen LogP contribution in [0.25, 0.3) is 0 Å². The molecule has 2 amide bonds. The lowest BCUT2D eigenvalue weighted by molar-refractivity contribution is -0.134. The number of aryl methyl sites for hydroxylation is 1. The fourth-order valence-corrected chi connectivity index (χ4v) is 2.35. The molecule has 1 fully saturated rings. The van der Waals surface area contributed by atoms with E-state index >= 15 is 0 Å². The number of amides is 2. The number of halogens is 3. The third kappa shape index (κ3) is 2.98. The van der Waals surface area contributed by atoms with E-state index in [9.17, 15) is 18.4 Å². The Hall–Kier alpha value is -1.50. The van der Waals surface area contributed by atoms with E-state index in [-0.39, 0.29) is 5.91 Å². The molecule has 20 heavy (non-hydrogen) atoms. The summed E-state index contributed by atoms with van der Waals surface area (Å²) in [7, 11) is 0. The van der Waals surface area contributed by atoms with E-state index < -0.39 is 18.4 Å². The molecule has 0 saturated carbocycles. The summed E-state index contributed by atoms with van der Waals surface area (Å²) in [5.41, 5.74) is 1.67. The van der Waals surface area contributed by atoms with Gasteiger partial charge in [-0.05, 0) is 37.1 Å². The van der Waals surface area contributed by atoms with E-state index in [2.05, 4.69) is 21.2 Å². The predicted octanol–water partition coefficient (Wildman–Crippen LogP) is 2.24. The number of anilines is 1. The number of carbonyl (C=O) groups excluding carboxylic acids is 2. The van der Waals surface area contributed by atoms with E-state index in [1.54, 1.807) is 6.07 Å². The minimum absolute atomic E-state index is 0.326. The molecule has 1 aliphatic rings. The maximum Gasteiger partial charge on any atom is 0.315 e. The van der Waals surface area contributed by atoms with Crippen LogP contribution in [0.15, 0.2) is 22.7 Å².